The molecular weight excluding hydrogens is 269 g/mol. The summed E-state index contributed by atoms with van der Waals surface area (Å²) in [5.41, 5.74) is 12.8. The summed E-state index contributed by atoms with van der Waals surface area (Å²) in [6.07, 6.45) is 0.119. The van der Waals surface area contributed by atoms with Crippen LogP contribution >= 0.6 is 8.03 Å². The molecule has 5 N–H and O–H groups in total. The lowest BCUT2D eigenvalue weighted by molar-refractivity contribution is 0.0969. The zero-order chi connectivity index (χ0) is 14.0. The first kappa shape index (κ1) is 13.7. The number of anilines is 2. The van der Waals surface area contributed by atoms with Crippen molar-refractivity contribution in [2.75, 3.05) is 17.8 Å². The van der Waals surface area contributed by atoms with Gasteiger partial charge in [-0.1, -0.05) is 0 Å². The van der Waals surface area contributed by atoms with Crippen LogP contribution in [-0.2, 0) is 15.7 Å². The molecule has 8 nitrogen and oxygen atoms in total. The Bertz CT molecular complexity index is 614. The SMILES string of the molecule is CC(Cc1ccc2c(N)nc(N)nn12)OC[P+](=O)O. The molecule has 9 heteroatoms. The van der Waals surface area contributed by atoms with Crippen LogP contribution in [0, 0.1) is 0 Å². The van der Waals surface area contributed by atoms with Gasteiger partial charge in [0.15, 0.2) is 5.82 Å². The number of rotatable bonds is 5. The molecule has 0 saturated carbocycles. The molecule has 2 aromatic heterocycles. The molecule has 0 radical (unpaired) electrons. The van der Waals surface area contributed by atoms with Gasteiger partial charge in [0.1, 0.15) is 5.52 Å². The molecular formula is C10H15N5O3P+. The normalized spacial score (nSPS) is 13.7. The van der Waals surface area contributed by atoms with Gasteiger partial charge < -0.3 is 16.2 Å². The van der Waals surface area contributed by atoms with E-state index in [0.29, 0.717) is 17.8 Å². The van der Waals surface area contributed by atoms with Crippen molar-refractivity contribution in [1.29, 1.82) is 0 Å². The van der Waals surface area contributed by atoms with Crippen molar-refractivity contribution >= 4 is 25.3 Å². The molecule has 2 atom stereocenters. The molecule has 2 unspecified atom stereocenters. The van der Waals surface area contributed by atoms with Gasteiger partial charge >= 0.3 is 8.03 Å². The Morgan fingerprint density at radius 3 is 2.95 bits per heavy atom. The maximum absolute atomic E-state index is 10.6. The summed E-state index contributed by atoms with van der Waals surface area (Å²) in [6, 6.07) is 3.64. The van der Waals surface area contributed by atoms with Crippen LogP contribution in [0.25, 0.3) is 5.52 Å². The summed E-state index contributed by atoms with van der Waals surface area (Å²) in [5, 5.41) is 4.09. The highest BCUT2D eigenvalue weighted by Gasteiger charge is 2.16. The number of nitrogens with two attached hydrogens (primary N) is 2. The summed E-state index contributed by atoms with van der Waals surface area (Å²) < 4.78 is 17.4. The van der Waals surface area contributed by atoms with Crippen LogP contribution in [0.4, 0.5) is 11.8 Å². The smallest absolute Gasteiger partial charge is 0.382 e. The first-order valence-electron chi connectivity index (χ1n) is 5.62. The van der Waals surface area contributed by atoms with E-state index in [1.807, 2.05) is 13.0 Å². The lowest BCUT2D eigenvalue weighted by atomic mass is 10.2. The molecule has 102 valence electrons. The minimum absolute atomic E-state index is 0.0921. The fourth-order valence-electron chi connectivity index (χ4n) is 1.79. The molecule has 0 fully saturated rings. The molecule has 2 heterocycles. The van der Waals surface area contributed by atoms with Gasteiger partial charge in [0.25, 0.3) is 6.35 Å². The van der Waals surface area contributed by atoms with Crippen LogP contribution in [0.1, 0.15) is 12.6 Å². The van der Waals surface area contributed by atoms with Crippen molar-refractivity contribution in [3.05, 3.63) is 17.8 Å². The second-order valence-electron chi connectivity index (χ2n) is 4.14. The van der Waals surface area contributed by atoms with E-state index in [9.17, 15) is 4.57 Å². The van der Waals surface area contributed by atoms with Crippen molar-refractivity contribution < 1.29 is 14.2 Å². The maximum Gasteiger partial charge on any atom is 0.534 e. The van der Waals surface area contributed by atoms with Gasteiger partial charge in [-0.25, -0.2) is 4.52 Å². The topological polar surface area (TPSA) is 129 Å². The third kappa shape index (κ3) is 3.17. The molecule has 0 aromatic carbocycles. The number of nitrogens with zero attached hydrogens (tertiary/aromatic N) is 3. The number of nitrogen functional groups attached to an aromatic ring is 2. The van der Waals surface area contributed by atoms with Crippen molar-refractivity contribution in [1.82, 2.24) is 14.6 Å². The van der Waals surface area contributed by atoms with Crippen molar-refractivity contribution in [3.8, 4) is 0 Å². The lowest BCUT2D eigenvalue weighted by Gasteiger charge is -2.09. The quantitative estimate of drug-likeness (QED) is 0.683. The first-order chi connectivity index (χ1) is 8.97. The van der Waals surface area contributed by atoms with E-state index >= 15 is 0 Å². The molecule has 0 aliphatic carbocycles. The second-order valence-corrected chi connectivity index (χ2v) is 5.10. The van der Waals surface area contributed by atoms with Gasteiger partial charge in [-0.2, -0.15) is 9.88 Å². The average Bonchev–Trinajstić information content (AvgIpc) is 2.70. The van der Waals surface area contributed by atoms with E-state index in [4.69, 9.17) is 21.1 Å². The van der Waals surface area contributed by atoms with Crippen LogP contribution in [0.15, 0.2) is 12.1 Å². The molecule has 2 aromatic rings. The number of ether oxygens (including phenoxy) is 1. The molecule has 0 amide bonds. The zero-order valence-electron chi connectivity index (χ0n) is 10.4. The third-order valence-corrected chi connectivity index (χ3v) is 2.97. The van der Waals surface area contributed by atoms with Gasteiger partial charge in [0.2, 0.25) is 5.95 Å². The molecule has 19 heavy (non-hydrogen) atoms. The molecule has 0 spiro atoms. The van der Waals surface area contributed by atoms with Crippen LogP contribution in [0.5, 0.6) is 0 Å². The average molecular weight is 284 g/mol. The Morgan fingerprint density at radius 2 is 2.26 bits per heavy atom. The van der Waals surface area contributed by atoms with E-state index in [0.717, 1.165) is 5.69 Å². The summed E-state index contributed by atoms with van der Waals surface area (Å²) in [6.45, 7) is 1.81. The van der Waals surface area contributed by atoms with Gasteiger partial charge in [-0.15, -0.1) is 5.10 Å². The van der Waals surface area contributed by atoms with Crippen LogP contribution < -0.4 is 11.5 Å². The highest BCUT2D eigenvalue weighted by molar-refractivity contribution is 7.37. The van der Waals surface area contributed by atoms with Crippen LogP contribution in [-0.4, -0.2) is 31.9 Å². The summed E-state index contributed by atoms with van der Waals surface area (Å²) in [4.78, 5) is 12.6. The Balaban J connectivity index is 2.19. The minimum atomic E-state index is -2.29. The first-order valence-corrected chi connectivity index (χ1v) is 7.02. The zero-order valence-corrected chi connectivity index (χ0v) is 11.2. The third-order valence-electron chi connectivity index (χ3n) is 2.60. The number of fused-ring (bicyclic) bond motifs is 1. The minimum Gasteiger partial charge on any atom is -0.382 e. The lowest BCUT2D eigenvalue weighted by Crippen LogP contribution is -2.14. The van der Waals surface area contributed by atoms with E-state index in [-0.39, 0.29) is 18.4 Å². The summed E-state index contributed by atoms with van der Waals surface area (Å²) in [5.74, 6) is 0.403. The second kappa shape index (κ2) is 5.48. The Hall–Kier alpha value is -1.76. The highest BCUT2D eigenvalue weighted by atomic mass is 31.1. The van der Waals surface area contributed by atoms with Gasteiger partial charge in [-0.05, 0) is 23.6 Å². The molecule has 0 aliphatic heterocycles. The van der Waals surface area contributed by atoms with Crippen LogP contribution in [0.3, 0.4) is 0 Å². The molecule has 2 rings (SSSR count). The van der Waals surface area contributed by atoms with Crippen molar-refractivity contribution in [2.45, 2.75) is 19.4 Å². The van der Waals surface area contributed by atoms with E-state index in [1.165, 1.54) is 0 Å². The number of hydrogen-bond acceptors (Lipinski definition) is 6. The van der Waals surface area contributed by atoms with Crippen molar-refractivity contribution in [2.24, 2.45) is 0 Å². The Morgan fingerprint density at radius 1 is 1.53 bits per heavy atom. The highest BCUT2D eigenvalue weighted by Crippen LogP contribution is 2.18. The van der Waals surface area contributed by atoms with Gasteiger partial charge in [0.05, 0.1) is 6.10 Å². The Labute approximate surface area is 110 Å². The molecule has 0 aliphatic rings. The Kier molecular flexibility index (Phi) is 3.94. The summed E-state index contributed by atoms with van der Waals surface area (Å²) >= 11 is 0. The predicted molar refractivity (Wildman–Crippen MR) is 70.8 cm³/mol. The standard InChI is InChI=1S/C10H14N5O3P/c1-6(18-5-19(16)17)4-7-2-3-8-9(11)13-10(12)14-15(7)8/h2-3,6H,4-5H2,1H3,(H4-,11,12,13,14,16,17)/p+1. The van der Waals surface area contributed by atoms with Crippen molar-refractivity contribution in [3.63, 3.8) is 0 Å². The van der Waals surface area contributed by atoms with Gasteiger partial charge in [-0.3, -0.25) is 0 Å². The van der Waals surface area contributed by atoms with E-state index < -0.39 is 8.03 Å². The predicted octanol–water partition coefficient (Wildman–Crippen LogP) is 0.533. The number of aromatic nitrogens is 3. The fourth-order valence-corrected chi connectivity index (χ4v) is 2.17. The molecule has 0 bridgehead atoms. The fraction of sp³-hybridized carbons (Fsp3) is 0.400. The van der Waals surface area contributed by atoms with Gasteiger partial charge in [0, 0.05) is 12.1 Å². The van der Waals surface area contributed by atoms with E-state index in [2.05, 4.69) is 10.1 Å². The maximum atomic E-state index is 10.6. The summed E-state index contributed by atoms with van der Waals surface area (Å²) in [7, 11) is -2.29. The monoisotopic (exact) mass is 284 g/mol. The molecule has 0 saturated heterocycles. The van der Waals surface area contributed by atoms with E-state index in [1.54, 1.807) is 10.6 Å². The largest absolute Gasteiger partial charge is 0.534 e. The van der Waals surface area contributed by atoms with Crippen LogP contribution in [0.2, 0.25) is 0 Å². The number of hydrogen-bond donors (Lipinski definition) is 3.